The molecule has 0 fully saturated rings. The maximum atomic E-state index is 12.7. The number of hydrogen-bond donors (Lipinski definition) is 2. The number of halogens is 1. The van der Waals surface area contributed by atoms with Crippen molar-refractivity contribution in [2.75, 3.05) is 12.4 Å². The van der Waals surface area contributed by atoms with Gasteiger partial charge in [-0.1, -0.05) is 23.7 Å². The second-order valence-corrected chi connectivity index (χ2v) is 7.51. The summed E-state index contributed by atoms with van der Waals surface area (Å²) in [5, 5.41) is 6.30. The van der Waals surface area contributed by atoms with Crippen LogP contribution in [0.15, 0.2) is 72.8 Å². The number of nitrogens with zero attached hydrogens (tertiary/aromatic N) is 2. The molecule has 8 heteroatoms. The van der Waals surface area contributed by atoms with E-state index >= 15 is 0 Å². The Labute approximate surface area is 190 Å². The van der Waals surface area contributed by atoms with E-state index in [2.05, 4.69) is 15.6 Å². The molecule has 0 aliphatic carbocycles. The summed E-state index contributed by atoms with van der Waals surface area (Å²) in [5.41, 5.74) is 2.72. The highest BCUT2D eigenvalue weighted by atomic mass is 35.5. The molecular weight excluding hydrogens is 428 g/mol. The lowest BCUT2D eigenvalue weighted by molar-refractivity contribution is -0.116. The number of aromatic nitrogens is 2. The van der Waals surface area contributed by atoms with Gasteiger partial charge in [0.1, 0.15) is 18.1 Å². The number of anilines is 1. The molecule has 0 atom stereocenters. The molecule has 2 N–H and O–H groups in total. The largest absolute Gasteiger partial charge is 0.497 e. The smallest absolute Gasteiger partial charge is 0.251 e. The molecule has 3 aromatic carbocycles. The number of benzene rings is 3. The standard InChI is InChI=1S/C24H21ClN4O3/c1-32-19-12-10-18(11-13-19)27-23(30)15-29-21-5-3-2-4-20(21)28-22(29)14-26-24(31)16-6-8-17(25)9-7-16/h2-13H,14-15H2,1H3,(H,26,31)(H,27,30). The third-order valence-corrected chi connectivity index (χ3v) is 5.17. The van der Waals surface area contributed by atoms with E-state index in [9.17, 15) is 9.59 Å². The van der Waals surface area contributed by atoms with Crippen molar-refractivity contribution < 1.29 is 14.3 Å². The SMILES string of the molecule is COc1ccc(NC(=O)Cn2c(CNC(=O)c3ccc(Cl)cc3)nc3ccccc32)cc1. The number of fused-ring (bicyclic) bond motifs is 1. The molecule has 0 radical (unpaired) electrons. The van der Waals surface area contributed by atoms with Crippen molar-refractivity contribution in [3.05, 3.63) is 89.2 Å². The average molecular weight is 449 g/mol. The molecule has 2 amide bonds. The number of amides is 2. The highest BCUT2D eigenvalue weighted by Crippen LogP contribution is 2.18. The molecular formula is C24H21ClN4O3. The number of ether oxygens (including phenoxy) is 1. The Morgan fingerprint density at radius 1 is 1.00 bits per heavy atom. The molecule has 4 rings (SSSR count). The Hall–Kier alpha value is -3.84. The Morgan fingerprint density at radius 2 is 1.72 bits per heavy atom. The van der Waals surface area contributed by atoms with Crippen molar-refractivity contribution in [1.82, 2.24) is 14.9 Å². The number of para-hydroxylation sites is 2. The Morgan fingerprint density at radius 3 is 2.44 bits per heavy atom. The van der Waals surface area contributed by atoms with Crippen molar-refractivity contribution in [2.24, 2.45) is 0 Å². The molecule has 0 saturated heterocycles. The highest BCUT2D eigenvalue weighted by molar-refractivity contribution is 6.30. The summed E-state index contributed by atoms with van der Waals surface area (Å²) in [5.74, 6) is 0.840. The summed E-state index contributed by atoms with van der Waals surface area (Å²) >= 11 is 5.89. The first-order chi connectivity index (χ1) is 15.5. The first-order valence-corrected chi connectivity index (χ1v) is 10.3. The third-order valence-electron chi connectivity index (χ3n) is 4.92. The number of carbonyl (C=O) groups excluding carboxylic acids is 2. The Bertz CT molecular complexity index is 1250. The second-order valence-electron chi connectivity index (χ2n) is 7.07. The zero-order chi connectivity index (χ0) is 22.5. The number of carbonyl (C=O) groups is 2. The predicted molar refractivity (Wildman–Crippen MR) is 124 cm³/mol. The van der Waals surface area contributed by atoms with Crippen LogP contribution in [0, 0.1) is 0 Å². The molecule has 4 aromatic rings. The monoisotopic (exact) mass is 448 g/mol. The van der Waals surface area contributed by atoms with E-state index in [1.165, 1.54) is 0 Å². The van der Waals surface area contributed by atoms with E-state index in [-0.39, 0.29) is 24.9 Å². The van der Waals surface area contributed by atoms with Crippen molar-refractivity contribution in [1.29, 1.82) is 0 Å². The molecule has 32 heavy (non-hydrogen) atoms. The average Bonchev–Trinajstić information content (AvgIpc) is 3.15. The zero-order valence-corrected chi connectivity index (χ0v) is 18.1. The summed E-state index contributed by atoms with van der Waals surface area (Å²) in [6.45, 7) is 0.227. The highest BCUT2D eigenvalue weighted by Gasteiger charge is 2.15. The fraction of sp³-hybridized carbons (Fsp3) is 0.125. The minimum absolute atomic E-state index is 0.0543. The minimum Gasteiger partial charge on any atom is -0.497 e. The van der Waals surface area contributed by atoms with E-state index in [1.807, 2.05) is 24.3 Å². The van der Waals surface area contributed by atoms with Gasteiger partial charge in [0.25, 0.3) is 5.91 Å². The van der Waals surface area contributed by atoms with Gasteiger partial charge in [-0.2, -0.15) is 0 Å². The van der Waals surface area contributed by atoms with Crippen LogP contribution in [0.1, 0.15) is 16.2 Å². The molecule has 1 aromatic heterocycles. The van der Waals surface area contributed by atoms with E-state index in [0.29, 0.717) is 27.8 Å². The lowest BCUT2D eigenvalue weighted by Crippen LogP contribution is -2.26. The predicted octanol–water partition coefficient (Wildman–Crippen LogP) is 4.27. The van der Waals surface area contributed by atoms with Gasteiger partial charge in [0.15, 0.2) is 0 Å². The van der Waals surface area contributed by atoms with Gasteiger partial charge in [-0.15, -0.1) is 0 Å². The molecule has 0 aliphatic heterocycles. The van der Waals surface area contributed by atoms with Crippen molar-refractivity contribution >= 4 is 40.1 Å². The minimum atomic E-state index is -0.247. The van der Waals surface area contributed by atoms with Crippen LogP contribution in [0.5, 0.6) is 5.75 Å². The van der Waals surface area contributed by atoms with Gasteiger partial charge in [-0.25, -0.2) is 4.98 Å². The molecule has 0 spiro atoms. The lowest BCUT2D eigenvalue weighted by atomic mass is 10.2. The molecule has 1 heterocycles. The number of methoxy groups -OCH3 is 1. The van der Waals surface area contributed by atoms with E-state index < -0.39 is 0 Å². The normalized spacial score (nSPS) is 10.7. The number of rotatable bonds is 7. The quantitative estimate of drug-likeness (QED) is 0.442. The van der Waals surface area contributed by atoms with Gasteiger partial charge in [0, 0.05) is 16.3 Å². The van der Waals surface area contributed by atoms with Gasteiger partial charge in [-0.05, 0) is 60.7 Å². The van der Waals surface area contributed by atoms with Crippen LogP contribution in [0.4, 0.5) is 5.69 Å². The third kappa shape index (κ3) is 4.90. The summed E-state index contributed by atoms with van der Waals surface area (Å²) in [6.07, 6.45) is 0. The zero-order valence-electron chi connectivity index (χ0n) is 17.3. The van der Waals surface area contributed by atoms with Crippen LogP contribution in [0.2, 0.25) is 5.02 Å². The van der Waals surface area contributed by atoms with Gasteiger partial charge < -0.3 is 19.9 Å². The van der Waals surface area contributed by atoms with E-state index in [4.69, 9.17) is 16.3 Å². The van der Waals surface area contributed by atoms with E-state index in [0.717, 1.165) is 11.0 Å². The topological polar surface area (TPSA) is 85.2 Å². The molecule has 0 unspecified atom stereocenters. The fourth-order valence-corrected chi connectivity index (χ4v) is 3.44. The van der Waals surface area contributed by atoms with Crippen molar-refractivity contribution in [3.63, 3.8) is 0 Å². The molecule has 0 saturated carbocycles. The number of hydrogen-bond acceptors (Lipinski definition) is 4. The lowest BCUT2D eigenvalue weighted by Gasteiger charge is -2.11. The van der Waals surface area contributed by atoms with Crippen LogP contribution in [-0.4, -0.2) is 28.5 Å². The van der Waals surface area contributed by atoms with Crippen LogP contribution in [0.25, 0.3) is 11.0 Å². The molecule has 0 bridgehead atoms. The maximum Gasteiger partial charge on any atom is 0.251 e. The summed E-state index contributed by atoms with van der Waals surface area (Å²) in [6, 6.07) is 21.3. The maximum absolute atomic E-state index is 12.7. The Balaban J connectivity index is 1.51. The van der Waals surface area contributed by atoms with Crippen molar-refractivity contribution in [2.45, 2.75) is 13.1 Å². The van der Waals surface area contributed by atoms with Crippen molar-refractivity contribution in [3.8, 4) is 5.75 Å². The number of imidazole rings is 1. The summed E-state index contributed by atoms with van der Waals surface area (Å²) in [7, 11) is 1.59. The van der Waals surface area contributed by atoms with Gasteiger partial charge in [0.05, 0.1) is 24.7 Å². The van der Waals surface area contributed by atoms with Gasteiger partial charge >= 0.3 is 0 Å². The summed E-state index contributed by atoms with van der Waals surface area (Å²) in [4.78, 5) is 29.8. The van der Waals surface area contributed by atoms with Crippen LogP contribution < -0.4 is 15.4 Å². The van der Waals surface area contributed by atoms with Gasteiger partial charge in [0.2, 0.25) is 5.91 Å². The molecule has 0 aliphatic rings. The molecule has 7 nitrogen and oxygen atoms in total. The second kappa shape index (κ2) is 9.53. The molecule has 162 valence electrons. The first kappa shape index (κ1) is 21.4. The van der Waals surface area contributed by atoms with E-state index in [1.54, 1.807) is 60.2 Å². The van der Waals surface area contributed by atoms with Crippen LogP contribution in [0.3, 0.4) is 0 Å². The Kier molecular flexibility index (Phi) is 6.37. The van der Waals surface area contributed by atoms with Crippen LogP contribution >= 0.6 is 11.6 Å². The number of nitrogens with one attached hydrogen (secondary N) is 2. The van der Waals surface area contributed by atoms with Crippen LogP contribution in [-0.2, 0) is 17.9 Å². The summed E-state index contributed by atoms with van der Waals surface area (Å²) < 4.78 is 6.94. The fourth-order valence-electron chi connectivity index (χ4n) is 3.32. The first-order valence-electron chi connectivity index (χ1n) is 9.95. The van der Waals surface area contributed by atoms with Gasteiger partial charge in [-0.3, -0.25) is 9.59 Å².